The first-order valence-electron chi connectivity index (χ1n) is 7.60. The Morgan fingerprint density at radius 3 is 2.86 bits per heavy atom. The maximum absolute atomic E-state index is 6.06. The molecule has 0 radical (unpaired) electrons. The van der Waals surface area contributed by atoms with Gasteiger partial charge in [0.25, 0.3) is 0 Å². The summed E-state index contributed by atoms with van der Waals surface area (Å²) in [6.45, 7) is 3.88. The molecular weight excluding hydrogens is 278 g/mol. The lowest BCUT2D eigenvalue weighted by Crippen LogP contribution is -2.44. The zero-order chi connectivity index (χ0) is 15.2. The lowest BCUT2D eigenvalue weighted by molar-refractivity contribution is -0.0637. The van der Waals surface area contributed by atoms with Gasteiger partial charge in [0.2, 0.25) is 0 Å². The molecule has 2 aromatic rings. The number of anilines is 1. The normalized spacial score (nSPS) is 21.5. The lowest BCUT2D eigenvalue weighted by Gasteiger charge is -2.32. The second kappa shape index (κ2) is 7.33. The van der Waals surface area contributed by atoms with Crippen LogP contribution in [0.5, 0.6) is 0 Å². The molecule has 1 aliphatic rings. The largest absolute Gasteiger partial charge is 0.379 e. The molecule has 0 saturated carbocycles. The number of benzene rings is 1. The van der Waals surface area contributed by atoms with Crippen LogP contribution in [0.3, 0.4) is 0 Å². The topological polar surface area (TPSA) is 56.3 Å². The molecule has 5 heteroatoms. The van der Waals surface area contributed by atoms with Crippen molar-refractivity contribution in [3.05, 3.63) is 54.0 Å². The third kappa shape index (κ3) is 3.81. The number of aryl methyl sites for hydroxylation is 1. The average Bonchev–Trinajstić information content (AvgIpc) is 2.57. The van der Waals surface area contributed by atoms with Crippen LogP contribution in [0.15, 0.2) is 42.7 Å². The summed E-state index contributed by atoms with van der Waals surface area (Å²) in [5.41, 5.74) is 2.07. The van der Waals surface area contributed by atoms with Gasteiger partial charge in [-0.15, -0.1) is 0 Å². The van der Waals surface area contributed by atoms with Crippen LogP contribution in [-0.2, 0) is 16.1 Å². The monoisotopic (exact) mass is 299 g/mol. The maximum Gasteiger partial charge on any atom is 0.147 e. The second-order valence-electron chi connectivity index (χ2n) is 5.44. The van der Waals surface area contributed by atoms with E-state index in [4.69, 9.17) is 9.47 Å². The third-order valence-electron chi connectivity index (χ3n) is 3.81. The molecule has 0 unspecified atom stereocenters. The molecule has 1 fully saturated rings. The van der Waals surface area contributed by atoms with E-state index < -0.39 is 0 Å². The van der Waals surface area contributed by atoms with Crippen molar-refractivity contribution in [2.24, 2.45) is 0 Å². The van der Waals surface area contributed by atoms with Gasteiger partial charge in [-0.3, -0.25) is 4.98 Å². The van der Waals surface area contributed by atoms with Gasteiger partial charge in [0.15, 0.2) is 0 Å². The first-order chi connectivity index (χ1) is 10.8. The molecular formula is C17H21N3O2. The average molecular weight is 299 g/mol. The van der Waals surface area contributed by atoms with E-state index >= 15 is 0 Å². The molecule has 1 N–H and O–H groups in total. The van der Waals surface area contributed by atoms with Gasteiger partial charge in [-0.25, -0.2) is 4.98 Å². The van der Waals surface area contributed by atoms with Crippen molar-refractivity contribution in [1.29, 1.82) is 0 Å². The summed E-state index contributed by atoms with van der Waals surface area (Å²) in [6.07, 6.45) is 4.31. The fraction of sp³-hybridized carbons (Fsp3) is 0.412. The second-order valence-corrected chi connectivity index (χ2v) is 5.44. The van der Waals surface area contributed by atoms with Crippen molar-refractivity contribution in [3.8, 4) is 0 Å². The van der Waals surface area contributed by atoms with E-state index in [1.165, 1.54) is 5.56 Å². The first-order valence-corrected chi connectivity index (χ1v) is 7.60. The van der Waals surface area contributed by atoms with Crippen LogP contribution < -0.4 is 5.32 Å². The highest BCUT2D eigenvalue weighted by atomic mass is 16.5. The van der Waals surface area contributed by atoms with E-state index in [-0.39, 0.29) is 12.1 Å². The zero-order valence-electron chi connectivity index (χ0n) is 12.7. The molecule has 5 nitrogen and oxygen atoms in total. The van der Waals surface area contributed by atoms with E-state index in [0.29, 0.717) is 13.2 Å². The minimum Gasteiger partial charge on any atom is -0.379 e. The quantitative estimate of drug-likeness (QED) is 0.919. The van der Waals surface area contributed by atoms with E-state index in [9.17, 15) is 0 Å². The number of hydrogen-bond acceptors (Lipinski definition) is 5. The molecule has 1 saturated heterocycles. The number of aromatic nitrogens is 2. The zero-order valence-corrected chi connectivity index (χ0v) is 12.7. The number of nitrogens with zero attached hydrogens (tertiary/aromatic N) is 2. The predicted molar refractivity (Wildman–Crippen MR) is 84.6 cm³/mol. The van der Waals surface area contributed by atoms with E-state index in [2.05, 4.69) is 27.4 Å². The molecule has 22 heavy (non-hydrogen) atoms. The number of hydrogen-bond donors (Lipinski definition) is 1. The summed E-state index contributed by atoms with van der Waals surface area (Å²) >= 11 is 0. The molecule has 0 bridgehead atoms. The van der Waals surface area contributed by atoms with Crippen molar-refractivity contribution in [2.45, 2.75) is 32.1 Å². The van der Waals surface area contributed by atoms with E-state index in [0.717, 1.165) is 24.5 Å². The number of ether oxygens (including phenoxy) is 2. The van der Waals surface area contributed by atoms with Gasteiger partial charge in [0.05, 0.1) is 24.9 Å². The summed E-state index contributed by atoms with van der Waals surface area (Å²) in [4.78, 5) is 8.62. The molecule has 3 rings (SSSR count). The summed E-state index contributed by atoms with van der Waals surface area (Å²) in [6, 6.07) is 10.4. The van der Waals surface area contributed by atoms with Crippen LogP contribution in [0.4, 0.5) is 5.82 Å². The standard InChI is InChI=1S/C17H21N3O2/c1-13-17(19-9-8-18-13)20-15-7-10-21-12-16(15)22-11-14-5-3-2-4-6-14/h2-6,8-9,15-16H,7,10-12H2,1H3,(H,19,20)/t15-,16-/m1/s1. The van der Waals surface area contributed by atoms with Crippen molar-refractivity contribution in [2.75, 3.05) is 18.5 Å². The molecule has 0 spiro atoms. The van der Waals surface area contributed by atoms with Gasteiger partial charge in [0, 0.05) is 19.0 Å². The Morgan fingerprint density at radius 2 is 2.05 bits per heavy atom. The smallest absolute Gasteiger partial charge is 0.147 e. The summed E-state index contributed by atoms with van der Waals surface area (Å²) in [7, 11) is 0. The number of rotatable bonds is 5. The molecule has 2 atom stereocenters. The van der Waals surface area contributed by atoms with Crippen molar-refractivity contribution in [1.82, 2.24) is 9.97 Å². The highest BCUT2D eigenvalue weighted by Gasteiger charge is 2.27. The molecule has 1 aliphatic heterocycles. The molecule has 1 aromatic heterocycles. The summed E-state index contributed by atoms with van der Waals surface area (Å²) in [5.74, 6) is 0.822. The Labute approximate surface area is 130 Å². The molecule has 1 aromatic carbocycles. The highest BCUT2D eigenvalue weighted by molar-refractivity contribution is 5.39. The Hall–Kier alpha value is -1.98. The minimum atomic E-state index is 0.00959. The summed E-state index contributed by atoms with van der Waals surface area (Å²) in [5, 5.41) is 3.46. The van der Waals surface area contributed by atoms with Gasteiger partial charge in [0.1, 0.15) is 11.9 Å². The van der Waals surface area contributed by atoms with Crippen LogP contribution in [0.1, 0.15) is 17.7 Å². The predicted octanol–water partition coefficient (Wildman–Crippen LogP) is 2.57. The van der Waals surface area contributed by atoms with Crippen LogP contribution in [0.25, 0.3) is 0 Å². The van der Waals surface area contributed by atoms with Gasteiger partial charge >= 0.3 is 0 Å². The molecule has 2 heterocycles. The third-order valence-corrected chi connectivity index (χ3v) is 3.81. The Morgan fingerprint density at radius 1 is 1.23 bits per heavy atom. The van der Waals surface area contributed by atoms with Crippen LogP contribution in [-0.4, -0.2) is 35.3 Å². The van der Waals surface area contributed by atoms with Gasteiger partial charge in [-0.05, 0) is 18.9 Å². The van der Waals surface area contributed by atoms with Crippen molar-refractivity contribution in [3.63, 3.8) is 0 Å². The minimum absolute atomic E-state index is 0.00959. The fourth-order valence-corrected chi connectivity index (χ4v) is 2.54. The van der Waals surface area contributed by atoms with Gasteiger partial charge in [-0.2, -0.15) is 0 Å². The van der Waals surface area contributed by atoms with Crippen LogP contribution in [0, 0.1) is 6.92 Å². The fourth-order valence-electron chi connectivity index (χ4n) is 2.54. The Kier molecular flexibility index (Phi) is 4.98. The SMILES string of the molecule is Cc1nccnc1N[C@@H]1CCOC[C@H]1OCc1ccccc1. The van der Waals surface area contributed by atoms with Gasteiger partial charge < -0.3 is 14.8 Å². The molecule has 0 aliphatic carbocycles. The van der Waals surface area contributed by atoms with Crippen molar-refractivity contribution >= 4 is 5.82 Å². The van der Waals surface area contributed by atoms with Gasteiger partial charge in [-0.1, -0.05) is 30.3 Å². The molecule has 0 amide bonds. The number of nitrogens with one attached hydrogen (secondary N) is 1. The lowest BCUT2D eigenvalue weighted by atomic mass is 10.1. The Balaban J connectivity index is 1.62. The highest BCUT2D eigenvalue weighted by Crippen LogP contribution is 2.19. The van der Waals surface area contributed by atoms with E-state index in [1.54, 1.807) is 12.4 Å². The van der Waals surface area contributed by atoms with Crippen LogP contribution >= 0.6 is 0 Å². The first kappa shape index (κ1) is 14.9. The van der Waals surface area contributed by atoms with E-state index in [1.807, 2.05) is 25.1 Å². The summed E-state index contributed by atoms with van der Waals surface area (Å²) < 4.78 is 11.6. The van der Waals surface area contributed by atoms with Crippen molar-refractivity contribution < 1.29 is 9.47 Å². The Bertz CT molecular complexity index is 591. The molecule has 116 valence electrons. The maximum atomic E-state index is 6.06. The van der Waals surface area contributed by atoms with Crippen LogP contribution in [0.2, 0.25) is 0 Å².